The van der Waals surface area contributed by atoms with Crippen molar-refractivity contribution in [1.82, 2.24) is 10.2 Å². The van der Waals surface area contributed by atoms with E-state index in [0.717, 1.165) is 31.6 Å². The molecule has 0 bridgehead atoms. The fourth-order valence-corrected chi connectivity index (χ4v) is 2.98. The first kappa shape index (κ1) is 16.2. The molecule has 0 atom stereocenters. The highest BCUT2D eigenvalue weighted by Crippen LogP contribution is 2.15. The van der Waals surface area contributed by atoms with Crippen molar-refractivity contribution in [3.63, 3.8) is 0 Å². The van der Waals surface area contributed by atoms with Crippen LogP contribution >= 0.6 is 0 Å². The Labute approximate surface area is 142 Å². The first-order valence-electron chi connectivity index (χ1n) is 8.30. The van der Waals surface area contributed by atoms with E-state index in [-0.39, 0.29) is 5.91 Å². The number of rotatable bonds is 6. The molecule has 1 heterocycles. The monoisotopic (exact) mass is 319 g/mol. The van der Waals surface area contributed by atoms with Crippen LogP contribution in [0.15, 0.2) is 48.5 Å². The van der Waals surface area contributed by atoms with Crippen molar-refractivity contribution in [2.75, 3.05) is 6.54 Å². The number of likely N-dealkylation sites (tertiary alicyclic amines) is 1. The molecule has 1 fully saturated rings. The molecule has 4 nitrogen and oxygen atoms in total. The van der Waals surface area contributed by atoms with Gasteiger partial charge in [-0.05, 0) is 35.2 Å². The van der Waals surface area contributed by atoms with Crippen LogP contribution in [0.4, 0.5) is 0 Å². The molecule has 0 aliphatic carbocycles. The van der Waals surface area contributed by atoms with Crippen molar-refractivity contribution in [3.05, 3.63) is 70.8 Å². The Morgan fingerprint density at radius 1 is 1.04 bits per heavy atom. The summed E-state index contributed by atoms with van der Waals surface area (Å²) in [6, 6.07) is 18.1. The topological polar surface area (TPSA) is 56.1 Å². The molecule has 0 radical (unpaired) electrons. The third kappa shape index (κ3) is 4.21. The van der Waals surface area contributed by atoms with E-state index in [2.05, 4.69) is 35.7 Å². The summed E-state index contributed by atoms with van der Waals surface area (Å²) < 4.78 is 0. The second-order valence-corrected chi connectivity index (χ2v) is 6.15. The fraction of sp³-hybridized carbons (Fsp3) is 0.300. The highest BCUT2D eigenvalue weighted by atomic mass is 16.2. The van der Waals surface area contributed by atoms with Crippen LogP contribution in [0.25, 0.3) is 0 Å². The summed E-state index contributed by atoms with van der Waals surface area (Å²) >= 11 is 0. The second-order valence-electron chi connectivity index (χ2n) is 6.15. The van der Waals surface area contributed by atoms with E-state index < -0.39 is 0 Å². The lowest BCUT2D eigenvalue weighted by Crippen LogP contribution is -2.23. The van der Waals surface area contributed by atoms with Gasteiger partial charge in [-0.1, -0.05) is 36.4 Å². The molecule has 3 rings (SSSR count). The molecular formula is C20H21N3O. The molecule has 2 aromatic rings. The van der Waals surface area contributed by atoms with Gasteiger partial charge in [0.2, 0.25) is 5.91 Å². The Bertz CT molecular complexity index is 746. The molecular weight excluding hydrogens is 298 g/mol. The second kappa shape index (κ2) is 7.76. The van der Waals surface area contributed by atoms with Gasteiger partial charge in [0.25, 0.3) is 0 Å². The Morgan fingerprint density at radius 2 is 1.79 bits per heavy atom. The molecule has 4 heteroatoms. The van der Waals surface area contributed by atoms with Gasteiger partial charge in [0.15, 0.2) is 0 Å². The van der Waals surface area contributed by atoms with Crippen molar-refractivity contribution >= 4 is 5.91 Å². The SMILES string of the molecule is N#Cc1ccc(CNCc2cccc(CN3CCCC3=O)c2)cc1. The van der Waals surface area contributed by atoms with Crippen LogP contribution in [0.3, 0.4) is 0 Å². The molecule has 1 saturated heterocycles. The number of amides is 1. The van der Waals surface area contributed by atoms with Crippen molar-refractivity contribution in [1.29, 1.82) is 5.26 Å². The van der Waals surface area contributed by atoms with Crippen LogP contribution in [0, 0.1) is 11.3 Å². The van der Waals surface area contributed by atoms with E-state index in [0.29, 0.717) is 18.5 Å². The number of nitrogens with one attached hydrogen (secondary N) is 1. The number of carbonyl (C=O) groups is 1. The van der Waals surface area contributed by atoms with Gasteiger partial charge in [0.1, 0.15) is 0 Å². The Kier molecular flexibility index (Phi) is 5.25. The average molecular weight is 319 g/mol. The fourth-order valence-electron chi connectivity index (χ4n) is 2.98. The first-order chi connectivity index (χ1) is 11.7. The van der Waals surface area contributed by atoms with E-state index in [1.165, 1.54) is 11.1 Å². The van der Waals surface area contributed by atoms with Crippen molar-refractivity contribution in [2.24, 2.45) is 0 Å². The zero-order chi connectivity index (χ0) is 16.8. The van der Waals surface area contributed by atoms with Gasteiger partial charge in [-0.25, -0.2) is 0 Å². The number of nitriles is 1. The Hall–Kier alpha value is -2.64. The zero-order valence-corrected chi connectivity index (χ0v) is 13.7. The van der Waals surface area contributed by atoms with Crippen LogP contribution < -0.4 is 5.32 Å². The molecule has 1 amide bonds. The maximum absolute atomic E-state index is 11.7. The predicted octanol–water partition coefficient (Wildman–Crippen LogP) is 2.97. The van der Waals surface area contributed by atoms with Gasteiger partial charge >= 0.3 is 0 Å². The van der Waals surface area contributed by atoms with E-state index in [1.54, 1.807) is 0 Å². The van der Waals surface area contributed by atoms with Crippen molar-refractivity contribution in [3.8, 4) is 6.07 Å². The molecule has 0 unspecified atom stereocenters. The normalized spacial score (nSPS) is 14.0. The van der Waals surface area contributed by atoms with Crippen molar-refractivity contribution in [2.45, 2.75) is 32.5 Å². The van der Waals surface area contributed by atoms with Gasteiger partial charge in [-0.15, -0.1) is 0 Å². The number of hydrogen-bond acceptors (Lipinski definition) is 3. The molecule has 1 aliphatic heterocycles. The molecule has 1 N–H and O–H groups in total. The van der Waals surface area contributed by atoms with Crippen molar-refractivity contribution < 1.29 is 4.79 Å². The lowest BCUT2D eigenvalue weighted by atomic mass is 10.1. The van der Waals surface area contributed by atoms with Crippen LogP contribution in [0.1, 0.15) is 35.1 Å². The van der Waals surface area contributed by atoms with E-state index in [1.807, 2.05) is 29.2 Å². The third-order valence-corrected chi connectivity index (χ3v) is 4.28. The first-order valence-corrected chi connectivity index (χ1v) is 8.30. The average Bonchev–Trinajstić information content (AvgIpc) is 3.01. The Morgan fingerprint density at radius 3 is 2.50 bits per heavy atom. The number of benzene rings is 2. The van der Waals surface area contributed by atoms with E-state index in [9.17, 15) is 4.79 Å². The summed E-state index contributed by atoms with van der Waals surface area (Å²) in [6.45, 7) is 3.13. The smallest absolute Gasteiger partial charge is 0.222 e. The van der Waals surface area contributed by atoms with Gasteiger partial charge in [0.05, 0.1) is 11.6 Å². The molecule has 0 aromatic heterocycles. The third-order valence-electron chi connectivity index (χ3n) is 4.28. The summed E-state index contributed by atoms with van der Waals surface area (Å²) in [4.78, 5) is 13.7. The minimum atomic E-state index is 0.263. The molecule has 122 valence electrons. The summed E-state index contributed by atoms with van der Waals surface area (Å²) in [6.07, 6.45) is 1.66. The Balaban J connectivity index is 1.52. The van der Waals surface area contributed by atoms with E-state index in [4.69, 9.17) is 5.26 Å². The molecule has 0 saturated carbocycles. The number of nitrogens with zero attached hydrogens (tertiary/aromatic N) is 2. The maximum Gasteiger partial charge on any atom is 0.222 e. The van der Waals surface area contributed by atoms with Gasteiger partial charge in [0, 0.05) is 32.6 Å². The quantitative estimate of drug-likeness (QED) is 0.890. The molecule has 0 spiro atoms. The highest BCUT2D eigenvalue weighted by molar-refractivity contribution is 5.78. The summed E-state index contributed by atoms with van der Waals surface area (Å²) in [5, 5.41) is 12.2. The van der Waals surface area contributed by atoms with Crippen LogP contribution in [-0.2, 0) is 24.4 Å². The van der Waals surface area contributed by atoms with E-state index >= 15 is 0 Å². The lowest BCUT2D eigenvalue weighted by molar-refractivity contribution is -0.128. The van der Waals surface area contributed by atoms with Gasteiger partial charge in [-0.2, -0.15) is 5.26 Å². The van der Waals surface area contributed by atoms with Crippen LogP contribution in [-0.4, -0.2) is 17.4 Å². The number of hydrogen-bond donors (Lipinski definition) is 1. The summed E-state index contributed by atoms with van der Waals surface area (Å²) in [7, 11) is 0. The van der Waals surface area contributed by atoms with Crippen LogP contribution in [0.2, 0.25) is 0 Å². The van der Waals surface area contributed by atoms with Gasteiger partial charge < -0.3 is 10.2 Å². The standard InChI is InChI=1S/C20H21N3O/c21-12-16-6-8-17(9-7-16)13-22-14-18-3-1-4-19(11-18)15-23-10-2-5-20(23)24/h1,3-4,6-9,11,22H,2,5,10,13-15H2. The summed E-state index contributed by atoms with van der Waals surface area (Å²) in [5.41, 5.74) is 4.24. The largest absolute Gasteiger partial charge is 0.338 e. The maximum atomic E-state index is 11.7. The highest BCUT2D eigenvalue weighted by Gasteiger charge is 2.19. The molecule has 1 aliphatic rings. The predicted molar refractivity (Wildman–Crippen MR) is 92.8 cm³/mol. The zero-order valence-electron chi connectivity index (χ0n) is 13.7. The number of carbonyl (C=O) groups excluding carboxylic acids is 1. The minimum Gasteiger partial charge on any atom is -0.338 e. The van der Waals surface area contributed by atoms with Gasteiger partial charge in [-0.3, -0.25) is 4.79 Å². The van der Waals surface area contributed by atoms with Crippen LogP contribution in [0.5, 0.6) is 0 Å². The lowest BCUT2D eigenvalue weighted by Gasteiger charge is -2.16. The molecule has 24 heavy (non-hydrogen) atoms. The molecule has 2 aromatic carbocycles. The minimum absolute atomic E-state index is 0.263. The summed E-state index contributed by atoms with van der Waals surface area (Å²) in [5.74, 6) is 0.263.